The summed E-state index contributed by atoms with van der Waals surface area (Å²) in [5.41, 5.74) is 1.84. The molecule has 1 aromatic heterocycles. The van der Waals surface area contributed by atoms with Crippen molar-refractivity contribution in [3.63, 3.8) is 0 Å². The molecule has 0 bridgehead atoms. The Morgan fingerprint density at radius 1 is 1.43 bits per heavy atom. The maximum absolute atomic E-state index is 12.0. The van der Waals surface area contributed by atoms with Gasteiger partial charge < -0.3 is 15.1 Å². The summed E-state index contributed by atoms with van der Waals surface area (Å²) in [5, 5.41) is 7.30. The second-order valence-electron chi connectivity index (χ2n) is 5.16. The van der Waals surface area contributed by atoms with Gasteiger partial charge in [-0.05, 0) is 12.3 Å². The quantitative estimate of drug-likeness (QED) is 0.871. The molecule has 0 saturated carbocycles. The van der Waals surface area contributed by atoms with Crippen LogP contribution >= 0.6 is 11.8 Å². The number of thioether (sulfide) groups is 1. The number of nitrogens with one attached hydrogen (secondary N) is 1. The van der Waals surface area contributed by atoms with E-state index < -0.39 is 0 Å². The monoisotopic (exact) mass is 311 g/mol. The van der Waals surface area contributed by atoms with Gasteiger partial charge in [0, 0.05) is 20.6 Å². The average molecular weight is 311 g/mol. The number of hydrogen-bond acceptors (Lipinski definition) is 4. The van der Waals surface area contributed by atoms with Gasteiger partial charge in [0.15, 0.2) is 0 Å². The van der Waals surface area contributed by atoms with E-state index in [1.165, 1.54) is 11.8 Å². The number of rotatable bonds is 4. The van der Waals surface area contributed by atoms with Crippen LogP contribution < -0.4 is 5.32 Å². The Hall–Kier alpha value is -1.70. The molecule has 0 atom stereocenters. The standard InChI is InChI=1S/C13H21N5O2S/c1-16(2)13(20)17-4-5-18-11(8-17)6-10(15-18)7-14-12(19)9-21-3/h6H,4-5,7-9H2,1-3H3,(H,14,19). The number of urea groups is 1. The predicted octanol–water partition coefficient (Wildman–Crippen LogP) is 0.360. The van der Waals surface area contributed by atoms with E-state index in [9.17, 15) is 9.59 Å². The third-order valence-electron chi connectivity index (χ3n) is 3.24. The molecule has 0 spiro atoms. The van der Waals surface area contributed by atoms with Crippen LogP contribution in [0.15, 0.2) is 6.07 Å². The van der Waals surface area contributed by atoms with Gasteiger partial charge in [0.25, 0.3) is 0 Å². The molecule has 3 amide bonds. The van der Waals surface area contributed by atoms with Gasteiger partial charge in [0.1, 0.15) is 0 Å². The van der Waals surface area contributed by atoms with Crippen molar-refractivity contribution >= 4 is 23.7 Å². The predicted molar refractivity (Wildman–Crippen MR) is 81.9 cm³/mol. The number of hydrogen-bond donors (Lipinski definition) is 1. The summed E-state index contributed by atoms with van der Waals surface area (Å²) in [4.78, 5) is 26.8. The van der Waals surface area contributed by atoms with Crippen LogP contribution in [0.5, 0.6) is 0 Å². The third-order valence-corrected chi connectivity index (χ3v) is 3.79. The van der Waals surface area contributed by atoms with Crippen molar-refractivity contribution in [3.05, 3.63) is 17.5 Å². The van der Waals surface area contributed by atoms with Crippen molar-refractivity contribution in [1.82, 2.24) is 24.9 Å². The van der Waals surface area contributed by atoms with E-state index in [1.54, 1.807) is 23.9 Å². The van der Waals surface area contributed by atoms with Gasteiger partial charge in [0.05, 0.1) is 36.8 Å². The van der Waals surface area contributed by atoms with E-state index in [1.807, 2.05) is 17.0 Å². The first-order valence-corrected chi connectivity index (χ1v) is 8.18. The molecule has 1 aromatic rings. The van der Waals surface area contributed by atoms with Crippen LogP contribution in [0.1, 0.15) is 11.4 Å². The van der Waals surface area contributed by atoms with Crippen molar-refractivity contribution in [3.8, 4) is 0 Å². The lowest BCUT2D eigenvalue weighted by atomic mass is 10.3. The number of carbonyl (C=O) groups is 2. The molecule has 0 unspecified atom stereocenters. The fourth-order valence-corrected chi connectivity index (χ4v) is 2.59. The number of fused-ring (bicyclic) bond motifs is 1. The molecular formula is C13H21N5O2S. The number of amides is 3. The van der Waals surface area contributed by atoms with E-state index in [-0.39, 0.29) is 11.9 Å². The maximum Gasteiger partial charge on any atom is 0.319 e. The highest BCUT2D eigenvalue weighted by Crippen LogP contribution is 2.14. The molecule has 8 heteroatoms. The maximum atomic E-state index is 12.0. The lowest BCUT2D eigenvalue weighted by molar-refractivity contribution is -0.118. The highest BCUT2D eigenvalue weighted by molar-refractivity contribution is 7.99. The van der Waals surface area contributed by atoms with E-state index in [0.717, 1.165) is 11.4 Å². The summed E-state index contributed by atoms with van der Waals surface area (Å²) >= 11 is 1.49. The second-order valence-corrected chi connectivity index (χ2v) is 6.02. The highest BCUT2D eigenvalue weighted by Gasteiger charge is 2.23. The molecule has 0 radical (unpaired) electrons. The van der Waals surface area contributed by atoms with E-state index in [0.29, 0.717) is 31.9 Å². The Balaban J connectivity index is 1.96. The molecule has 1 N–H and O–H groups in total. The minimum Gasteiger partial charge on any atom is -0.350 e. The molecule has 7 nitrogen and oxygen atoms in total. The minimum absolute atomic E-state index is 0.0114. The van der Waals surface area contributed by atoms with Crippen LogP contribution in [-0.4, -0.2) is 64.2 Å². The molecule has 1 aliphatic heterocycles. The van der Waals surface area contributed by atoms with E-state index in [4.69, 9.17) is 0 Å². The van der Waals surface area contributed by atoms with Crippen LogP contribution in [0.3, 0.4) is 0 Å². The topological polar surface area (TPSA) is 70.5 Å². The smallest absolute Gasteiger partial charge is 0.319 e. The van der Waals surface area contributed by atoms with Crippen LogP contribution in [0, 0.1) is 0 Å². The normalized spacial score (nSPS) is 13.8. The van der Waals surface area contributed by atoms with Gasteiger partial charge in [-0.1, -0.05) is 0 Å². The summed E-state index contributed by atoms with van der Waals surface area (Å²) in [6, 6.07) is 1.96. The molecule has 21 heavy (non-hydrogen) atoms. The van der Waals surface area contributed by atoms with E-state index in [2.05, 4.69) is 10.4 Å². The molecule has 116 valence electrons. The van der Waals surface area contributed by atoms with Crippen LogP contribution in [-0.2, 0) is 24.4 Å². The number of aromatic nitrogens is 2. The van der Waals surface area contributed by atoms with Crippen molar-refractivity contribution in [2.45, 2.75) is 19.6 Å². The van der Waals surface area contributed by atoms with Crippen LogP contribution in [0.4, 0.5) is 4.79 Å². The zero-order chi connectivity index (χ0) is 15.4. The van der Waals surface area contributed by atoms with Gasteiger partial charge in [-0.3, -0.25) is 9.48 Å². The van der Waals surface area contributed by atoms with Gasteiger partial charge in [-0.15, -0.1) is 0 Å². The van der Waals surface area contributed by atoms with Gasteiger partial charge >= 0.3 is 6.03 Å². The average Bonchev–Trinajstić information content (AvgIpc) is 2.86. The zero-order valence-corrected chi connectivity index (χ0v) is 13.4. The molecule has 0 saturated heterocycles. The summed E-state index contributed by atoms with van der Waals surface area (Å²) in [6.45, 7) is 2.33. The largest absolute Gasteiger partial charge is 0.350 e. The van der Waals surface area contributed by atoms with Crippen molar-refractivity contribution in [2.24, 2.45) is 0 Å². The third kappa shape index (κ3) is 3.90. The fraction of sp³-hybridized carbons (Fsp3) is 0.615. The molecule has 2 heterocycles. The molecule has 2 rings (SSSR count). The minimum atomic E-state index is 0.0114. The zero-order valence-electron chi connectivity index (χ0n) is 12.6. The summed E-state index contributed by atoms with van der Waals surface area (Å²) in [7, 11) is 3.50. The Morgan fingerprint density at radius 3 is 2.86 bits per heavy atom. The first kappa shape index (κ1) is 15.7. The first-order chi connectivity index (χ1) is 10.0. The molecule has 0 aliphatic carbocycles. The number of carbonyl (C=O) groups excluding carboxylic acids is 2. The summed E-state index contributed by atoms with van der Waals surface area (Å²) in [5.74, 6) is 0.469. The Kier molecular flexibility index (Phi) is 5.11. The lowest BCUT2D eigenvalue weighted by Crippen LogP contribution is -2.43. The molecular weight excluding hydrogens is 290 g/mol. The van der Waals surface area contributed by atoms with Crippen LogP contribution in [0.25, 0.3) is 0 Å². The second kappa shape index (κ2) is 6.84. The van der Waals surface area contributed by atoms with E-state index >= 15 is 0 Å². The first-order valence-electron chi connectivity index (χ1n) is 6.78. The Bertz CT molecular complexity index is 529. The Morgan fingerprint density at radius 2 is 2.19 bits per heavy atom. The molecule has 0 fully saturated rings. The number of nitrogens with zero attached hydrogens (tertiary/aromatic N) is 4. The fourth-order valence-electron chi connectivity index (χ4n) is 2.23. The van der Waals surface area contributed by atoms with Crippen molar-refractivity contribution in [2.75, 3.05) is 32.6 Å². The highest BCUT2D eigenvalue weighted by atomic mass is 32.2. The van der Waals surface area contributed by atoms with Gasteiger partial charge in [-0.25, -0.2) is 4.79 Å². The lowest BCUT2D eigenvalue weighted by Gasteiger charge is -2.29. The van der Waals surface area contributed by atoms with Crippen molar-refractivity contribution in [1.29, 1.82) is 0 Å². The van der Waals surface area contributed by atoms with Gasteiger partial charge in [-0.2, -0.15) is 16.9 Å². The molecule has 1 aliphatic rings. The Labute approximate surface area is 128 Å². The molecule has 0 aromatic carbocycles. The SMILES string of the molecule is CSCC(=O)NCc1cc2n(n1)CCN(C(=O)N(C)C)C2. The van der Waals surface area contributed by atoms with Crippen molar-refractivity contribution < 1.29 is 9.59 Å². The summed E-state index contributed by atoms with van der Waals surface area (Å²) in [6.07, 6.45) is 1.89. The van der Waals surface area contributed by atoms with Gasteiger partial charge in [0.2, 0.25) is 5.91 Å². The summed E-state index contributed by atoms with van der Waals surface area (Å²) < 4.78 is 1.91. The van der Waals surface area contributed by atoms with Crippen LogP contribution in [0.2, 0.25) is 0 Å².